The van der Waals surface area contributed by atoms with Gasteiger partial charge in [-0.15, -0.1) is 16.4 Å². The fourth-order valence-electron chi connectivity index (χ4n) is 2.58. The van der Waals surface area contributed by atoms with Crippen molar-refractivity contribution < 1.29 is 0 Å². The molecule has 0 unspecified atom stereocenters. The Morgan fingerprint density at radius 2 is 1.88 bits per heavy atom. The van der Waals surface area contributed by atoms with Crippen molar-refractivity contribution >= 4 is 33.3 Å². The van der Waals surface area contributed by atoms with Gasteiger partial charge in [0.2, 0.25) is 5.16 Å². The summed E-state index contributed by atoms with van der Waals surface area (Å²) in [5.74, 6) is 0. The van der Waals surface area contributed by atoms with Crippen LogP contribution in [-0.4, -0.2) is 30.2 Å². The molecule has 0 aliphatic heterocycles. The van der Waals surface area contributed by atoms with Gasteiger partial charge in [-0.25, -0.2) is 9.97 Å². The smallest absolute Gasteiger partial charge is 0.220 e. The lowest BCUT2D eigenvalue weighted by molar-refractivity contribution is 0.755. The van der Waals surface area contributed by atoms with Gasteiger partial charge in [-0.05, 0) is 78.7 Å². The van der Waals surface area contributed by atoms with Gasteiger partial charge in [-0.1, -0.05) is 6.07 Å². The van der Waals surface area contributed by atoms with Crippen LogP contribution in [0.1, 0.15) is 21.6 Å². The molecule has 0 aliphatic carbocycles. The molecule has 0 saturated heterocycles. The van der Waals surface area contributed by atoms with E-state index in [1.54, 1.807) is 22.3 Å². The number of nitrogens with zero attached hydrogens (tertiary/aromatic N) is 6. The van der Waals surface area contributed by atoms with E-state index in [0.717, 1.165) is 20.9 Å². The number of hydrogen-bond donors (Lipinski definition) is 0. The molecular weight excluding hydrogens is 352 g/mol. The quantitative estimate of drug-likeness (QED) is 0.508. The van der Waals surface area contributed by atoms with Crippen LogP contribution in [0, 0.1) is 27.7 Å². The summed E-state index contributed by atoms with van der Waals surface area (Å²) in [6.07, 6.45) is 1.60. The Bertz CT molecular complexity index is 1080. The van der Waals surface area contributed by atoms with Gasteiger partial charge in [0.05, 0.1) is 5.69 Å². The van der Waals surface area contributed by atoms with Crippen molar-refractivity contribution in [3.63, 3.8) is 0 Å². The number of hydrogen-bond acceptors (Lipinski definition) is 7. The average Bonchev–Trinajstić information content (AvgIpc) is 3.16. The lowest BCUT2D eigenvalue weighted by atomic mass is 10.1. The molecule has 3 aromatic heterocycles. The fraction of sp³-hybridized carbons (Fsp3) is 0.235. The number of rotatable bonds is 3. The molecule has 3 heterocycles. The van der Waals surface area contributed by atoms with Crippen molar-refractivity contribution in [2.45, 2.75) is 37.9 Å². The second-order valence-electron chi connectivity index (χ2n) is 5.89. The van der Waals surface area contributed by atoms with Crippen molar-refractivity contribution in [3.05, 3.63) is 46.1 Å². The maximum Gasteiger partial charge on any atom is 0.220 e. The Morgan fingerprint density at radius 3 is 2.68 bits per heavy atom. The number of fused-ring (bicyclic) bond motifs is 1. The lowest BCUT2D eigenvalue weighted by Gasteiger charge is -2.07. The molecule has 25 heavy (non-hydrogen) atoms. The van der Waals surface area contributed by atoms with Gasteiger partial charge in [-0.2, -0.15) is 4.68 Å². The fourth-order valence-corrected chi connectivity index (χ4v) is 4.57. The third kappa shape index (κ3) is 2.81. The first-order chi connectivity index (χ1) is 12.0. The maximum atomic E-state index is 4.47. The molecule has 0 bridgehead atoms. The summed E-state index contributed by atoms with van der Waals surface area (Å²) < 4.78 is 1.75. The monoisotopic (exact) mass is 368 g/mol. The van der Waals surface area contributed by atoms with Crippen LogP contribution >= 0.6 is 23.1 Å². The second-order valence-corrected chi connectivity index (χ2v) is 8.05. The average molecular weight is 368 g/mol. The van der Waals surface area contributed by atoms with Crippen LogP contribution in [0.25, 0.3) is 15.9 Å². The van der Waals surface area contributed by atoms with Crippen molar-refractivity contribution in [1.29, 1.82) is 0 Å². The minimum absolute atomic E-state index is 0.687. The highest BCUT2D eigenvalue weighted by Gasteiger charge is 2.17. The molecule has 8 heteroatoms. The number of aryl methyl sites for hydroxylation is 4. The second kappa shape index (κ2) is 6.20. The molecule has 0 N–H and O–H groups in total. The normalized spacial score (nSPS) is 11.4. The highest BCUT2D eigenvalue weighted by atomic mass is 32.2. The van der Waals surface area contributed by atoms with E-state index >= 15 is 0 Å². The molecule has 0 atom stereocenters. The Balaban J connectivity index is 1.78. The predicted molar refractivity (Wildman–Crippen MR) is 99.6 cm³/mol. The molecule has 126 valence electrons. The van der Waals surface area contributed by atoms with Gasteiger partial charge in [0.15, 0.2) is 0 Å². The van der Waals surface area contributed by atoms with E-state index in [1.165, 1.54) is 33.3 Å². The third-order valence-corrected chi connectivity index (χ3v) is 6.35. The van der Waals surface area contributed by atoms with Crippen molar-refractivity contribution in [3.8, 4) is 5.69 Å². The van der Waals surface area contributed by atoms with E-state index < -0.39 is 0 Å². The van der Waals surface area contributed by atoms with Crippen molar-refractivity contribution in [2.75, 3.05) is 0 Å². The largest absolute Gasteiger partial charge is 0.229 e. The first kappa shape index (κ1) is 16.2. The maximum absolute atomic E-state index is 4.47. The summed E-state index contributed by atoms with van der Waals surface area (Å²) in [4.78, 5) is 11.1. The SMILES string of the molecule is Cc1ccc(-n2nnnc2Sc2ncnc3sc(C)c(C)c23)cc1C. The van der Waals surface area contributed by atoms with Gasteiger partial charge >= 0.3 is 0 Å². The van der Waals surface area contributed by atoms with Gasteiger partial charge in [0.1, 0.15) is 16.2 Å². The van der Waals surface area contributed by atoms with Crippen LogP contribution in [0.5, 0.6) is 0 Å². The Kier molecular flexibility index (Phi) is 4.01. The number of tetrazole rings is 1. The minimum Gasteiger partial charge on any atom is -0.229 e. The Morgan fingerprint density at radius 1 is 1.04 bits per heavy atom. The minimum atomic E-state index is 0.687. The molecule has 0 aliphatic rings. The highest BCUT2D eigenvalue weighted by Crippen LogP contribution is 2.37. The summed E-state index contributed by atoms with van der Waals surface area (Å²) in [7, 11) is 0. The molecule has 0 amide bonds. The molecule has 0 fully saturated rings. The number of benzene rings is 1. The molecule has 1 aromatic carbocycles. The first-order valence-corrected chi connectivity index (χ1v) is 9.42. The number of thiophene rings is 1. The van der Waals surface area contributed by atoms with E-state index in [1.807, 2.05) is 6.07 Å². The summed E-state index contributed by atoms with van der Waals surface area (Å²) in [6.45, 7) is 8.39. The van der Waals surface area contributed by atoms with E-state index in [-0.39, 0.29) is 0 Å². The Hall–Kier alpha value is -2.32. The van der Waals surface area contributed by atoms with Gasteiger partial charge < -0.3 is 0 Å². The summed E-state index contributed by atoms with van der Waals surface area (Å²) in [5, 5.41) is 14.9. The standard InChI is InChI=1S/C17H16N6S2/c1-9-5-6-13(7-10(9)2)23-17(20-21-22-23)25-16-14-11(3)12(4)24-15(14)18-8-19-16/h5-8H,1-4H3. The van der Waals surface area contributed by atoms with E-state index in [4.69, 9.17) is 0 Å². The molecule has 6 nitrogen and oxygen atoms in total. The zero-order valence-electron chi connectivity index (χ0n) is 14.3. The van der Waals surface area contributed by atoms with E-state index in [0.29, 0.717) is 5.16 Å². The topological polar surface area (TPSA) is 69.4 Å². The van der Waals surface area contributed by atoms with Crippen molar-refractivity contribution in [1.82, 2.24) is 30.2 Å². The number of aromatic nitrogens is 6. The van der Waals surface area contributed by atoms with Crippen LogP contribution in [0.15, 0.2) is 34.7 Å². The van der Waals surface area contributed by atoms with Gasteiger partial charge in [0, 0.05) is 10.3 Å². The summed E-state index contributed by atoms with van der Waals surface area (Å²) in [5.41, 5.74) is 4.61. The van der Waals surface area contributed by atoms with E-state index in [9.17, 15) is 0 Å². The molecule has 4 aromatic rings. The molecule has 0 saturated carbocycles. The molecular formula is C17H16N6S2. The van der Waals surface area contributed by atoms with Gasteiger partial charge in [0.25, 0.3) is 0 Å². The van der Waals surface area contributed by atoms with Gasteiger partial charge in [-0.3, -0.25) is 0 Å². The van der Waals surface area contributed by atoms with E-state index in [2.05, 4.69) is 65.3 Å². The van der Waals surface area contributed by atoms with Crippen LogP contribution in [0.4, 0.5) is 0 Å². The predicted octanol–water partition coefficient (Wildman–Crippen LogP) is 4.05. The van der Waals surface area contributed by atoms with Crippen LogP contribution in [0.2, 0.25) is 0 Å². The summed E-state index contributed by atoms with van der Waals surface area (Å²) >= 11 is 3.15. The van der Waals surface area contributed by atoms with Crippen molar-refractivity contribution in [2.24, 2.45) is 0 Å². The Labute approximate surface area is 153 Å². The summed E-state index contributed by atoms with van der Waals surface area (Å²) in [6, 6.07) is 6.19. The van der Waals surface area contributed by atoms with Crippen LogP contribution < -0.4 is 0 Å². The highest BCUT2D eigenvalue weighted by molar-refractivity contribution is 7.99. The van der Waals surface area contributed by atoms with Crippen LogP contribution in [0.3, 0.4) is 0 Å². The zero-order valence-corrected chi connectivity index (χ0v) is 15.9. The zero-order chi connectivity index (χ0) is 17.6. The molecule has 0 spiro atoms. The third-order valence-electron chi connectivity index (χ3n) is 4.29. The van der Waals surface area contributed by atoms with Crippen LogP contribution in [-0.2, 0) is 0 Å². The first-order valence-electron chi connectivity index (χ1n) is 7.79. The lowest BCUT2D eigenvalue weighted by Crippen LogP contribution is -2.00. The molecule has 4 rings (SSSR count). The molecule has 0 radical (unpaired) electrons.